The van der Waals surface area contributed by atoms with Crippen LogP contribution in [0.3, 0.4) is 0 Å². The molecule has 4 aromatic rings. The first kappa shape index (κ1) is 31.4. The van der Waals surface area contributed by atoms with Gasteiger partial charge in [-0.1, -0.05) is 0 Å². The number of H-pyrrole nitrogens is 1. The molecule has 2 aliphatic heterocycles. The number of aromatic amines is 1. The number of ether oxygens (including phenoxy) is 2. The van der Waals surface area contributed by atoms with Crippen molar-refractivity contribution < 1.29 is 42.7 Å². The lowest BCUT2D eigenvalue weighted by Crippen LogP contribution is -2.35. The van der Waals surface area contributed by atoms with Crippen LogP contribution in [-0.4, -0.2) is 87.9 Å². The standard InChI is InChI=1S/C22H26N8O10P2S2/c23-11-1-3-25-17-10(11)2-4-29(17)21-15(32)16(39-41(34)43)13(38-21)7-36-42(35,44)40-12-5-9(6-31)37-20(12)30-8-26-14-18(30)27-22(24)28-19(14)33/h1-4,8-9,12-13,15-16,20-21,31-32H,5-7H2,(H6-,23,24,25,27,28,33,34,35,43,44)/p+1/t9?,12-,13-,15-,16-,20-,21-,42?/m1/s1. The normalized spacial score (nSPS) is 29.0. The fourth-order valence-corrected chi connectivity index (χ4v) is 7.51. The molecule has 0 aliphatic carbocycles. The molecule has 2 aliphatic rings. The largest absolute Gasteiger partial charge is 0.582 e. The summed E-state index contributed by atoms with van der Waals surface area (Å²) >= 11 is 9.09. The Morgan fingerprint density at radius 3 is 2.77 bits per heavy atom. The Hall–Kier alpha value is -2.58. The van der Waals surface area contributed by atoms with Crippen molar-refractivity contribution >= 4 is 71.8 Å². The highest BCUT2D eigenvalue weighted by Gasteiger charge is 2.51. The Labute approximate surface area is 258 Å². The van der Waals surface area contributed by atoms with Gasteiger partial charge in [0.05, 0.1) is 25.6 Å². The molecule has 3 unspecified atom stereocenters. The summed E-state index contributed by atoms with van der Waals surface area (Å²) in [4.78, 5) is 38.2. The highest BCUT2D eigenvalue weighted by atomic mass is 32.7. The van der Waals surface area contributed by atoms with E-state index in [1.54, 1.807) is 22.9 Å². The molecule has 9 atom stereocenters. The second-order valence-electron chi connectivity index (χ2n) is 9.97. The number of hydrogen-bond acceptors (Lipinski definition) is 15. The molecule has 0 saturated carbocycles. The summed E-state index contributed by atoms with van der Waals surface area (Å²) in [5.74, 6) is -0.155. The third kappa shape index (κ3) is 6.01. The second kappa shape index (κ2) is 12.3. The van der Waals surface area contributed by atoms with Crippen LogP contribution in [0.2, 0.25) is 0 Å². The number of aliphatic hydroxyl groups is 2. The predicted molar refractivity (Wildman–Crippen MR) is 161 cm³/mol. The molecule has 18 nitrogen and oxygen atoms in total. The number of rotatable bonds is 10. The van der Waals surface area contributed by atoms with Crippen LogP contribution in [-0.2, 0) is 39.4 Å². The fraction of sp³-hybridized carbons (Fsp3) is 0.455. The van der Waals surface area contributed by atoms with Gasteiger partial charge < -0.3 is 49.7 Å². The van der Waals surface area contributed by atoms with Crippen LogP contribution >= 0.6 is 26.2 Å². The maximum atomic E-state index is 12.3. The number of anilines is 2. The van der Waals surface area contributed by atoms with Gasteiger partial charge in [0.25, 0.3) is 5.56 Å². The lowest BCUT2D eigenvalue weighted by molar-refractivity contribution is -0.0562. The summed E-state index contributed by atoms with van der Waals surface area (Å²) in [6.07, 6.45) is -2.93. The molecule has 8 N–H and O–H groups in total. The number of nitrogens with two attached hydrogens (primary N) is 2. The molecule has 0 amide bonds. The smallest absolute Gasteiger partial charge is 0.398 e. The predicted octanol–water partition coefficient (Wildman–Crippen LogP) is 0.463. The van der Waals surface area contributed by atoms with E-state index in [1.807, 2.05) is 0 Å². The number of nitrogens with zero attached hydrogens (tertiary/aromatic N) is 5. The van der Waals surface area contributed by atoms with Crippen LogP contribution in [0.1, 0.15) is 18.9 Å². The number of fused-ring (bicyclic) bond motifs is 2. The number of aromatic nitrogens is 6. The van der Waals surface area contributed by atoms with E-state index in [4.69, 9.17) is 46.3 Å². The molecule has 2 fully saturated rings. The lowest BCUT2D eigenvalue weighted by atomic mass is 10.1. The van der Waals surface area contributed by atoms with Crippen LogP contribution in [0, 0.1) is 0 Å². The quantitative estimate of drug-likeness (QED) is 0.0881. The van der Waals surface area contributed by atoms with E-state index < -0.39 is 69.1 Å². The van der Waals surface area contributed by atoms with Gasteiger partial charge in [0, 0.05) is 29.9 Å². The van der Waals surface area contributed by atoms with Gasteiger partial charge in [-0.15, -0.1) is 4.52 Å². The summed E-state index contributed by atoms with van der Waals surface area (Å²) in [7, 11) is -2.48. The van der Waals surface area contributed by atoms with Crippen molar-refractivity contribution in [3.63, 3.8) is 0 Å². The Kier molecular flexibility index (Phi) is 8.79. The summed E-state index contributed by atoms with van der Waals surface area (Å²) in [6, 6.07) is 3.33. The minimum Gasteiger partial charge on any atom is -0.398 e. The first-order chi connectivity index (χ1) is 21.0. The molecule has 6 rings (SSSR count). The zero-order valence-electron chi connectivity index (χ0n) is 22.4. The Morgan fingerprint density at radius 1 is 1.23 bits per heavy atom. The van der Waals surface area contributed by atoms with Crippen LogP contribution in [0.25, 0.3) is 22.2 Å². The summed E-state index contributed by atoms with van der Waals surface area (Å²) in [6.45, 7) is -4.90. The van der Waals surface area contributed by atoms with E-state index in [0.29, 0.717) is 16.7 Å². The molecule has 44 heavy (non-hydrogen) atoms. The molecule has 0 aromatic carbocycles. The molecular weight excluding hydrogens is 662 g/mol. The van der Waals surface area contributed by atoms with E-state index >= 15 is 0 Å². The summed E-state index contributed by atoms with van der Waals surface area (Å²) in [5.41, 5.74) is 12.1. The Balaban J connectivity index is 1.20. The Morgan fingerprint density at radius 2 is 2.02 bits per heavy atom. The SMILES string of the molecule is Nc1nc2c(ncn2[C@@H]2OC(CO)C[C@H]2OP(O)(=S)OC[C@H]2O[C@@H](n3ccc4c(N)ccnc43)[C@H](O)[C@@H]2O[P+](=O)S)c(=O)[nH]1. The van der Waals surface area contributed by atoms with E-state index in [0.717, 1.165) is 0 Å². The van der Waals surface area contributed by atoms with E-state index in [2.05, 4.69) is 32.2 Å². The van der Waals surface area contributed by atoms with E-state index in [-0.39, 0.29) is 30.1 Å². The van der Waals surface area contributed by atoms with Crippen molar-refractivity contribution in [3.8, 4) is 0 Å². The highest BCUT2D eigenvalue weighted by Crippen LogP contribution is 2.51. The van der Waals surface area contributed by atoms with Crippen molar-refractivity contribution in [2.24, 2.45) is 0 Å². The number of nitrogen functional groups attached to an aromatic ring is 2. The van der Waals surface area contributed by atoms with Crippen LogP contribution in [0.5, 0.6) is 0 Å². The van der Waals surface area contributed by atoms with Gasteiger partial charge in [0.1, 0.15) is 36.2 Å². The van der Waals surface area contributed by atoms with E-state index in [1.165, 1.54) is 17.1 Å². The zero-order valence-corrected chi connectivity index (χ0v) is 25.9. The molecular formula is C22H27N8O10P2S2+. The topological polar surface area (TPSA) is 257 Å². The van der Waals surface area contributed by atoms with E-state index in [9.17, 15) is 24.5 Å². The number of aliphatic hydroxyl groups excluding tert-OH is 2. The molecule has 6 heterocycles. The third-order valence-corrected chi connectivity index (χ3v) is 9.48. The second-order valence-corrected chi connectivity index (χ2v) is 14.4. The monoisotopic (exact) mass is 689 g/mol. The molecule has 236 valence electrons. The molecule has 0 bridgehead atoms. The highest BCUT2D eigenvalue weighted by molar-refractivity contribution is 8.39. The average Bonchev–Trinajstić information content (AvgIpc) is 3.73. The molecule has 2 saturated heterocycles. The molecule has 0 spiro atoms. The molecule has 22 heteroatoms. The van der Waals surface area contributed by atoms with Crippen LogP contribution < -0.4 is 17.0 Å². The minimum atomic E-state index is -4.08. The summed E-state index contributed by atoms with van der Waals surface area (Å²) in [5, 5.41) is 21.5. The van der Waals surface area contributed by atoms with Crippen LogP contribution in [0.15, 0.2) is 35.6 Å². The van der Waals surface area contributed by atoms with Gasteiger partial charge in [-0.2, -0.15) is 4.98 Å². The van der Waals surface area contributed by atoms with Crippen molar-refractivity contribution in [1.29, 1.82) is 0 Å². The van der Waals surface area contributed by atoms with Gasteiger partial charge in [0.2, 0.25) is 5.95 Å². The lowest BCUT2D eigenvalue weighted by Gasteiger charge is -2.25. The van der Waals surface area contributed by atoms with Gasteiger partial charge in [-0.05, 0) is 28.5 Å². The van der Waals surface area contributed by atoms with Crippen LogP contribution in [0.4, 0.5) is 11.6 Å². The number of nitrogens with one attached hydrogen (secondary N) is 1. The number of hydrogen-bond donors (Lipinski definition) is 7. The van der Waals surface area contributed by atoms with Crippen molar-refractivity contribution in [2.45, 2.75) is 49.4 Å². The maximum absolute atomic E-state index is 12.3. The first-order valence-electron chi connectivity index (χ1n) is 13.0. The Bertz CT molecular complexity index is 1820. The minimum absolute atomic E-state index is 0.0119. The van der Waals surface area contributed by atoms with Gasteiger partial charge >= 0.3 is 13.9 Å². The van der Waals surface area contributed by atoms with Crippen molar-refractivity contribution in [1.82, 2.24) is 29.1 Å². The third-order valence-electron chi connectivity index (χ3n) is 7.19. The number of pyridine rings is 1. The van der Waals surface area contributed by atoms with Crippen molar-refractivity contribution in [3.05, 3.63) is 41.2 Å². The van der Waals surface area contributed by atoms with Gasteiger partial charge in [-0.25, -0.2) is 9.97 Å². The molecule has 4 aromatic heterocycles. The molecule has 0 radical (unpaired) electrons. The van der Waals surface area contributed by atoms with Crippen molar-refractivity contribution in [2.75, 3.05) is 24.7 Å². The number of imidazole rings is 1. The zero-order chi connectivity index (χ0) is 31.3. The fourth-order valence-electron chi connectivity index (χ4n) is 5.27. The summed E-state index contributed by atoms with van der Waals surface area (Å²) < 4.78 is 43.5. The van der Waals surface area contributed by atoms with Gasteiger partial charge in [0.15, 0.2) is 29.7 Å². The number of thiol groups is 1. The first-order valence-corrected chi connectivity index (χ1v) is 17.9. The average molecular weight is 690 g/mol. The maximum Gasteiger partial charge on any atom is 0.582 e. The van der Waals surface area contributed by atoms with Gasteiger partial charge in [-0.3, -0.25) is 14.3 Å².